The summed E-state index contributed by atoms with van der Waals surface area (Å²) in [7, 11) is 0. The van der Waals surface area contributed by atoms with Crippen molar-refractivity contribution in [2.24, 2.45) is 5.16 Å². The number of nitrogens with zero attached hydrogens (tertiary/aromatic N) is 1. The van der Waals surface area contributed by atoms with E-state index in [0.717, 1.165) is 12.1 Å². The van der Waals surface area contributed by atoms with Crippen LogP contribution in [0.2, 0.25) is 10.0 Å². The van der Waals surface area contributed by atoms with E-state index in [4.69, 9.17) is 32.9 Å². The Morgan fingerprint density at radius 1 is 1.16 bits per heavy atom. The number of hydrogen-bond donors (Lipinski definition) is 2. The molecular formula is C20H14Cl2F3N3O4. The van der Waals surface area contributed by atoms with E-state index in [1.165, 1.54) is 30.3 Å². The molecule has 2 atom stereocenters. The van der Waals surface area contributed by atoms with Gasteiger partial charge in [0, 0.05) is 27.6 Å². The molecular weight excluding hydrogens is 474 g/mol. The van der Waals surface area contributed by atoms with Gasteiger partial charge in [0.2, 0.25) is 0 Å². The van der Waals surface area contributed by atoms with Gasteiger partial charge < -0.3 is 10.2 Å². The molecule has 4 rings (SSSR count). The van der Waals surface area contributed by atoms with Crippen LogP contribution in [0.15, 0.2) is 47.6 Å². The Hall–Kier alpha value is -2.82. The first-order valence-electron chi connectivity index (χ1n) is 9.20. The molecule has 2 aliphatic heterocycles. The summed E-state index contributed by atoms with van der Waals surface area (Å²) in [5, 5.41) is 6.23. The van der Waals surface area contributed by atoms with Gasteiger partial charge in [-0.15, -0.1) is 0 Å². The van der Waals surface area contributed by atoms with Crippen molar-refractivity contribution in [1.29, 1.82) is 0 Å². The molecule has 32 heavy (non-hydrogen) atoms. The number of hydrogen-bond acceptors (Lipinski definition) is 5. The van der Waals surface area contributed by atoms with Crippen LogP contribution < -0.4 is 10.8 Å². The van der Waals surface area contributed by atoms with Crippen LogP contribution in [0.4, 0.5) is 13.2 Å². The lowest BCUT2D eigenvalue weighted by molar-refractivity contribution is -0.275. The summed E-state index contributed by atoms with van der Waals surface area (Å²) in [6.45, 7) is -0.0101. The average Bonchev–Trinajstić information content (AvgIpc) is 3.35. The molecule has 1 saturated heterocycles. The third-order valence-electron chi connectivity index (χ3n) is 5.04. The first-order chi connectivity index (χ1) is 15.1. The number of nitrogens with one attached hydrogen (secondary N) is 2. The summed E-state index contributed by atoms with van der Waals surface area (Å²) >= 11 is 11.8. The summed E-state index contributed by atoms with van der Waals surface area (Å²) < 4.78 is 42.2. The van der Waals surface area contributed by atoms with Crippen molar-refractivity contribution < 1.29 is 32.4 Å². The highest BCUT2D eigenvalue weighted by atomic mass is 35.5. The van der Waals surface area contributed by atoms with Crippen LogP contribution in [0, 0.1) is 0 Å². The largest absolute Gasteiger partial charge is 0.435 e. The lowest BCUT2D eigenvalue weighted by atomic mass is 9.86. The van der Waals surface area contributed by atoms with E-state index in [0.29, 0.717) is 5.56 Å². The van der Waals surface area contributed by atoms with Gasteiger partial charge >= 0.3 is 6.18 Å². The number of rotatable bonds is 4. The molecule has 0 aromatic heterocycles. The third-order valence-corrected chi connectivity index (χ3v) is 5.48. The zero-order valence-corrected chi connectivity index (χ0v) is 17.5. The minimum atomic E-state index is -4.81. The predicted octanol–water partition coefficient (Wildman–Crippen LogP) is 3.74. The molecule has 2 aromatic carbocycles. The number of amides is 2. The highest BCUT2D eigenvalue weighted by Crippen LogP contribution is 2.49. The summed E-state index contributed by atoms with van der Waals surface area (Å²) in [4.78, 5) is 33.5. The topological polar surface area (TPSA) is 89.0 Å². The molecule has 2 amide bonds. The van der Waals surface area contributed by atoms with Gasteiger partial charge in [-0.1, -0.05) is 40.5 Å². The smallest absolute Gasteiger partial charge is 0.374 e. The second kappa shape index (κ2) is 8.27. The zero-order valence-electron chi connectivity index (χ0n) is 16.0. The van der Waals surface area contributed by atoms with Gasteiger partial charge in [0.1, 0.15) is 12.6 Å². The summed E-state index contributed by atoms with van der Waals surface area (Å²) in [6, 6.07) is 8.46. The Kier molecular flexibility index (Phi) is 5.78. The van der Waals surface area contributed by atoms with Crippen LogP contribution in [0.25, 0.3) is 0 Å². The monoisotopic (exact) mass is 487 g/mol. The van der Waals surface area contributed by atoms with E-state index in [-0.39, 0.29) is 33.5 Å². The third kappa shape index (κ3) is 4.13. The van der Waals surface area contributed by atoms with Crippen molar-refractivity contribution in [3.05, 3.63) is 69.2 Å². The Balaban J connectivity index is 1.55. The molecule has 0 bridgehead atoms. The second-order valence-electron chi connectivity index (χ2n) is 7.17. The molecule has 0 aliphatic carbocycles. The lowest BCUT2D eigenvalue weighted by Gasteiger charge is -2.29. The molecule has 7 nitrogen and oxygen atoms in total. The van der Waals surface area contributed by atoms with Gasteiger partial charge in [0.05, 0.1) is 5.71 Å². The van der Waals surface area contributed by atoms with Crippen LogP contribution in [0.5, 0.6) is 0 Å². The standard InChI is InChI=1S/C20H14Cl2F3N3O4/c21-13-5-12(6-14(22)7-13)19(20(23,24)25)8-15(27-32-19)10-1-3-11(4-2-10)17(29)26-16-9-31-28-18(16)30/h1-7,16H,8-9H2,(H,26,29)(H,28,30)/t16-,19?/m0/s1. The van der Waals surface area contributed by atoms with E-state index < -0.39 is 36.1 Å². The van der Waals surface area contributed by atoms with Crippen LogP contribution in [-0.4, -0.2) is 36.4 Å². The summed E-state index contributed by atoms with van der Waals surface area (Å²) in [5.41, 5.74) is -0.318. The summed E-state index contributed by atoms with van der Waals surface area (Å²) in [5.74, 6) is -1.01. The Bertz CT molecular complexity index is 1090. The van der Waals surface area contributed by atoms with Gasteiger partial charge in [-0.05, 0) is 35.9 Å². The molecule has 0 saturated carbocycles. The number of oxime groups is 1. The minimum absolute atomic E-state index is 0.0101. The SMILES string of the molecule is O=C(N[C@H]1CONC1=O)c1ccc(C2=NOC(c3cc(Cl)cc(Cl)c3)(C(F)(F)F)C2)cc1. The van der Waals surface area contributed by atoms with Crippen LogP contribution in [0.1, 0.15) is 27.9 Å². The van der Waals surface area contributed by atoms with Gasteiger partial charge in [0.25, 0.3) is 17.4 Å². The molecule has 2 N–H and O–H groups in total. The highest BCUT2D eigenvalue weighted by Gasteiger charge is 2.62. The quantitative estimate of drug-likeness (QED) is 0.687. The first kappa shape index (κ1) is 22.4. The fourth-order valence-corrected chi connectivity index (χ4v) is 3.88. The van der Waals surface area contributed by atoms with Crippen molar-refractivity contribution in [3.8, 4) is 0 Å². The van der Waals surface area contributed by atoms with Crippen LogP contribution in [0.3, 0.4) is 0 Å². The normalized spacial score (nSPS) is 22.8. The van der Waals surface area contributed by atoms with Gasteiger partial charge in [-0.25, -0.2) is 5.48 Å². The van der Waals surface area contributed by atoms with Crippen molar-refractivity contribution in [2.75, 3.05) is 6.61 Å². The number of carbonyl (C=O) groups is 2. The van der Waals surface area contributed by atoms with Crippen LogP contribution >= 0.6 is 23.2 Å². The number of carbonyl (C=O) groups excluding carboxylic acids is 2. The Labute approximate surface area is 189 Å². The zero-order chi connectivity index (χ0) is 23.1. The maximum absolute atomic E-state index is 14.1. The molecule has 0 radical (unpaired) electrons. The molecule has 1 fully saturated rings. The minimum Gasteiger partial charge on any atom is -0.374 e. The van der Waals surface area contributed by atoms with Crippen LogP contribution in [-0.2, 0) is 20.1 Å². The predicted molar refractivity (Wildman–Crippen MR) is 108 cm³/mol. The fraction of sp³-hybridized carbons (Fsp3) is 0.250. The molecule has 1 unspecified atom stereocenters. The molecule has 0 spiro atoms. The number of halogens is 5. The van der Waals surface area contributed by atoms with Crippen molar-refractivity contribution in [1.82, 2.24) is 10.8 Å². The van der Waals surface area contributed by atoms with Crippen molar-refractivity contribution >= 4 is 40.7 Å². The van der Waals surface area contributed by atoms with E-state index in [2.05, 4.69) is 16.0 Å². The maximum Gasteiger partial charge on any atom is 0.435 e. The molecule has 168 valence electrons. The Morgan fingerprint density at radius 2 is 1.81 bits per heavy atom. The number of alkyl halides is 3. The number of hydroxylamine groups is 1. The molecule has 2 heterocycles. The summed E-state index contributed by atoms with van der Waals surface area (Å²) in [6.07, 6.45) is -5.42. The van der Waals surface area contributed by atoms with Gasteiger partial charge in [-0.2, -0.15) is 13.2 Å². The maximum atomic E-state index is 14.1. The van der Waals surface area contributed by atoms with E-state index in [1.807, 2.05) is 0 Å². The van der Waals surface area contributed by atoms with Gasteiger partial charge in [-0.3, -0.25) is 14.4 Å². The first-order valence-corrected chi connectivity index (χ1v) is 9.96. The van der Waals surface area contributed by atoms with Gasteiger partial charge in [0.15, 0.2) is 0 Å². The van der Waals surface area contributed by atoms with Crippen molar-refractivity contribution in [2.45, 2.75) is 24.2 Å². The molecule has 2 aliphatic rings. The fourth-order valence-electron chi connectivity index (χ4n) is 3.35. The van der Waals surface area contributed by atoms with E-state index in [9.17, 15) is 22.8 Å². The van der Waals surface area contributed by atoms with Crippen molar-refractivity contribution in [3.63, 3.8) is 0 Å². The van der Waals surface area contributed by atoms with E-state index in [1.54, 1.807) is 0 Å². The molecule has 12 heteroatoms. The Morgan fingerprint density at radius 3 is 2.38 bits per heavy atom. The lowest BCUT2D eigenvalue weighted by Crippen LogP contribution is -2.42. The average molecular weight is 488 g/mol. The number of benzene rings is 2. The highest BCUT2D eigenvalue weighted by molar-refractivity contribution is 6.34. The molecule has 2 aromatic rings. The van der Waals surface area contributed by atoms with E-state index >= 15 is 0 Å². The second-order valence-corrected chi connectivity index (χ2v) is 8.04.